The molecule has 0 aliphatic rings. The number of hydrogen-bond acceptors (Lipinski definition) is 5. The first-order valence-electron chi connectivity index (χ1n) is 10.9. The molecule has 0 aliphatic heterocycles. The van der Waals surface area contributed by atoms with Crippen molar-refractivity contribution in [1.82, 2.24) is 9.99 Å². The quantitative estimate of drug-likeness (QED) is 0.372. The van der Waals surface area contributed by atoms with Crippen molar-refractivity contribution >= 4 is 27.8 Å². The third kappa shape index (κ3) is 6.05. The maximum atomic E-state index is 12.5. The van der Waals surface area contributed by atoms with Crippen molar-refractivity contribution in [1.29, 1.82) is 0 Å². The Balaban J connectivity index is 1.72. The summed E-state index contributed by atoms with van der Waals surface area (Å²) >= 11 is 0. The largest absolute Gasteiger partial charge is 0.494 e. The fourth-order valence-corrected chi connectivity index (χ4v) is 4.55. The van der Waals surface area contributed by atoms with Crippen molar-refractivity contribution in [3.63, 3.8) is 0 Å². The van der Waals surface area contributed by atoms with E-state index < -0.39 is 22.5 Å². The van der Waals surface area contributed by atoms with Gasteiger partial charge in [-0.15, -0.1) is 0 Å². The Kier molecular flexibility index (Phi) is 7.78. The number of aryl methyl sites for hydroxylation is 2. The van der Waals surface area contributed by atoms with Crippen LogP contribution in [-0.4, -0.2) is 44.5 Å². The lowest BCUT2D eigenvalue weighted by Crippen LogP contribution is -2.39. The van der Waals surface area contributed by atoms with Gasteiger partial charge in [-0.3, -0.25) is 9.10 Å². The third-order valence-electron chi connectivity index (χ3n) is 5.25. The van der Waals surface area contributed by atoms with Gasteiger partial charge in [0.1, 0.15) is 12.3 Å². The van der Waals surface area contributed by atoms with E-state index in [9.17, 15) is 13.2 Å². The summed E-state index contributed by atoms with van der Waals surface area (Å²) in [5.74, 6) is 0.0695. The Morgan fingerprint density at radius 2 is 1.82 bits per heavy atom. The number of benzene rings is 2. The Morgan fingerprint density at radius 1 is 1.12 bits per heavy atom. The normalized spacial score (nSPS) is 11.6. The van der Waals surface area contributed by atoms with Crippen LogP contribution >= 0.6 is 0 Å². The molecule has 9 heteroatoms. The minimum Gasteiger partial charge on any atom is -0.494 e. The molecular formula is C25H30N4O4S. The van der Waals surface area contributed by atoms with Crippen molar-refractivity contribution in [2.45, 2.75) is 27.7 Å². The highest BCUT2D eigenvalue weighted by molar-refractivity contribution is 7.92. The summed E-state index contributed by atoms with van der Waals surface area (Å²) in [4.78, 5) is 12.5. The molecule has 0 spiro atoms. The van der Waals surface area contributed by atoms with Crippen LogP contribution in [0, 0.1) is 20.8 Å². The van der Waals surface area contributed by atoms with Gasteiger partial charge in [0.25, 0.3) is 5.91 Å². The van der Waals surface area contributed by atoms with Gasteiger partial charge in [-0.1, -0.05) is 12.1 Å². The zero-order chi connectivity index (χ0) is 24.9. The van der Waals surface area contributed by atoms with Gasteiger partial charge < -0.3 is 9.30 Å². The fraction of sp³-hybridized carbons (Fsp3) is 0.280. The molecule has 0 atom stereocenters. The van der Waals surface area contributed by atoms with E-state index in [2.05, 4.69) is 21.2 Å². The molecule has 0 bridgehead atoms. The Hall–Kier alpha value is -3.59. The monoisotopic (exact) mass is 482 g/mol. The second kappa shape index (κ2) is 10.6. The van der Waals surface area contributed by atoms with Crippen LogP contribution in [0.5, 0.6) is 5.75 Å². The zero-order valence-corrected chi connectivity index (χ0v) is 20.9. The molecule has 8 nitrogen and oxygen atoms in total. The number of amides is 1. The number of hydrogen-bond donors (Lipinski definition) is 1. The Morgan fingerprint density at radius 3 is 2.44 bits per heavy atom. The molecule has 0 radical (unpaired) electrons. The maximum absolute atomic E-state index is 12.5. The van der Waals surface area contributed by atoms with E-state index in [1.54, 1.807) is 30.5 Å². The molecule has 0 saturated heterocycles. The smallest absolute Gasteiger partial charge is 0.260 e. The van der Waals surface area contributed by atoms with Crippen LogP contribution in [0.25, 0.3) is 5.69 Å². The minimum atomic E-state index is -3.68. The summed E-state index contributed by atoms with van der Waals surface area (Å²) in [6, 6.07) is 16.7. The standard InChI is InChI=1S/C25H30N4O4S/c1-6-33-24-12-10-22(11-13-24)28(34(5,31)32)17-25(30)27-26-16-21-15-19(3)29(20(21)4)23-9-7-8-18(2)14-23/h7-16H,6,17H2,1-5H3,(H,27,30)/b26-16-. The van der Waals surface area contributed by atoms with Crippen molar-refractivity contribution in [3.05, 3.63) is 77.1 Å². The van der Waals surface area contributed by atoms with Crippen molar-refractivity contribution in [2.75, 3.05) is 23.7 Å². The van der Waals surface area contributed by atoms with E-state index in [1.165, 1.54) is 0 Å². The van der Waals surface area contributed by atoms with Crippen LogP contribution in [0.1, 0.15) is 29.4 Å². The van der Waals surface area contributed by atoms with E-state index in [0.29, 0.717) is 18.0 Å². The number of anilines is 1. The van der Waals surface area contributed by atoms with Crippen LogP contribution in [0.2, 0.25) is 0 Å². The topological polar surface area (TPSA) is 93.0 Å². The molecule has 34 heavy (non-hydrogen) atoms. The van der Waals surface area contributed by atoms with Crippen molar-refractivity contribution < 1.29 is 17.9 Å². The molecular weight excluding hydrogens is 452 g/mol. The van der Waals surface area contributed by atoms with Crippen LogP contribution in [0.15, 0.2) is 59.7 Å². The highest BCUT2D eigenvalue weighted by Crippen LogP contribution is 2.22. The summed E-state index contributed by atoms with van der Waals surface area (Å²) in [6.45, 7) is 8.00. The SMILES string of the molecule is CCOc1ccc(N(CC(=O)N/N=C\c2cc(C)n(-c3cccc(C)c3)c2C)S(C)(=O)=O)cc1. The van der Waals surface area contributed by atoms with Gasteiger partial charge in [0.05, 0.1) is 24.8 Å². The summed E-state index contributed by atoms with van der Waals surface area (Å²) in [7, 11) is -3.68. The summed E-state index contributed by atoms with van der Waals surface area (Å²) in [6.07, 6.45) is 2.62. The number of ether oxygens (including phenoxy) is 1. The van der Waals surface area contributed by atoms with Gasteiger partial charge in [-0.25, -0.2) is 13.8 Å². The predicted molar refractivity (Wildman–Crippen MR) is 136 cm³/mol. The van der Waals surface area contributed by atoms with E-state index in [4.69, 9.17) is 4.74 Å². The number of carbonyl (C=O) groups is 1. The average molecular weight is 483 g/mol. The second-order valence-corrected chi connectivity index (χ2v) is 9.90. The van der Waals surface area contributed by atoms with Gasteiger partial charge in [-0.05, 0) is 75.7 Å². The summed E-state index contributed by atoms with van der Waals surface area (Å²) in [5, 5.41) is 4.06. The van der Waals surface area contributed by atoms with E-state index in [-0.39, 0.29) is 0 Å². The molecule has 0 aliphatic carbocycles. The van der Waals surface area contributed by atoms with Gasteiger partial charge >= 0.3 is 0 Å². The molecule has 1 amide bonds. The molecule has 0 unspecified atom stereocenters. The maximum Gasteiger partial charge on any atom is 0.260 e. The first-order valence-corrected chi connectivity index (χ1v) is 12.7. The van der Waals surface area contributed by atoms with Crippen LogP contribution < -0.4 is 14.5 Å². The van der Waals surface area contributed by atoms with Gasteiger partial charge in [0, 0.05) is 22.6 Å². The summed E-state index contributed by atoms with van der Waals surface area (Å²) in [5.41, 5.74) is 7.88. The Bertz CT molecular complexity index is 1290. The van der Waals surface area contributed by atoms with Crippen LogP contribution in [-0.2, 0) is 14.8 Å². The highest BCUT2D eigenvalue weighted by atomic mass is 32.2. The first-order chi connectivity index (χ1) is 16.1. The summed E-state index contributed by atoms with van der Waals surface area (Å²) < 4.78 is 33.1. The third-order valence-corrected chi connectivity index (χ3v) is 6.39. The minimum absolute atomic E-state index is 0.367. The van der Waals surface area contributed by atoms with E-state index >= 15 is 0 Å². The second-order valence-electron chi connectivity index (χ2n) is 7.99. The molecule has 1 aromatic heterocycles. The zero-order valence-electron chi connectivity index (χ0n) is 20.1. The molecule has 2 aromatic carbocycles. The molecule has 3 rings (SSSR count). The molecule has 1 N–H and O–H groups in total. The van der Waals surface area contributed by atoms with Gasteiger partial charge in [-0.2, -0.15) is 5.10 Å². The number of aromatic nitrogens is 1. The van der Waals surface area contributed by atoms with Gasteiger partial charge in [0.2, 0.25) is 10.0 Å². The molecule has 1 heterocycles. The number of nitrogens with zero attached hydrogens (tertiary/aromatic N) is 3. The first kappa shape index (κ1) is 25.0. The number of sulfonamides is 1. The van der Waals surface area contributed by atoms with Crippen molar-refractivity contribution in [2.24, 2.45) is 5.10 Å². The molecule has 0 saturated carbocycles. The van der Waals surface area contributed by atoms with Crippen molar-refractivity contribution in [3.8, 4) is 11.4 Å². The Labute approximate surface area is 200 Å². The number of rotatable bonds is 9. The fourth-order valence-electron chi connectivity index (χ4n) is 3.70. The average Bonchev–Trinajstić information content (AvgIpc) is 3.05. The van der Waals surface area contributed by atoms with Gasteiger partial charge in [0.15, 0.2) is 0 Å². The van der Waals surface area contributed by atoms with E-state index in [0.717, 1.165) is 38.8 Å². The number of nitrogens with one attached hydrogen (secondary N) is 1. The molecule has 3 aromatic rings. The lowest BCUT2D eigenvalue weighted by molar-refractivity contribution is -0.119. The predicted octanol–water partition coefficient (Wildman–Crippen LogP) is 3.72. The number of carbonyl (C=O) groups excluding carboxylic acids is 1. The lowest BCUT2D eigenvalue weighted by atomic mass is 10.2. The highest BCUT2D eigenvalue weighted by Gasteiger charge is 2.21. The lowest BCUT2D eigenvalue weighted by Gasteiger charge is -2.21. The molecule has 0 fully saturated rings. The number of hydrazone groups is 1. The van der Waals surface area contributed by atoms with Crippen LogP contribution in [0.3, 0.4) is 0 Å². The molecule has 180 valence electrons. The van der Waals surface area contributed by atoms with Crippen LogP contribution in [0.4, 0.5) is 5.69 Å². The van der Waals surface area contributed by atoms with E-state index in [1.807, 2.05) is 52.0 Å².